The lowest BCUT2D eigenvalue weighted by Gasteiger charge is -2.38. The Bertz CT molecular complexity index is 598. The van der Waals surface area contributed by atoms with E-state index in [0.29, 0.717) is 18.2 Å². The average molecular weight is 346 g/mol. The molecule has 3 fully saturated rings. The average Bonchev–Trinajstić information content (AvgIpc) is 3.33. The van der Waals surface area contributed by atoms with Crippen LogP contribution in [0.25, 0.3) is 0 Å². The summed E-state index contributed by atoms with van der Waals surface area (Å²) in [7, 11) is 0. The molecule has 0 bridgehead atoms. The molecule has 0 unspecified atom stereocenters. The van der Waals surface area contributed by atoms with Gasteiger partial charge in [-0.2, -0.15) is 0 Å². The summed E-state index contributed by atoms with van der Waals surface area (Å²) in [5, 5.41) is 0. The van der Waals surface area contributed by atoms with Crippen molar-refractivity contribution in [3.05, 3.63) is 23.7 Å². The van der Waals surface area contributed by atoms with E-state index in [9.17, 15) is 4.79 Å². The predicted molar refractivity (Wildman–Crippen MR) is 95.2 cm³/mol. The van der Waals surface area contributed by atoms with Crippen LogP contribution in [0.1, 0.15) is 50.0 Å². The highest BCUT2D eigenvalue weighted by molar-refractivity contribution is 5.76. The molecule has 1 spiro atoms. The number of rotatable bonds is 4. The van der Waals surface area contributed by atoms with Crippen LogP contribution in [0.4, 0.5) is 0 Å². The highest BCUT2D eigenvalue weighted by Crippen LogP contribution is 2.40. The van der Waals surface area contributed by atoms with Crippen molar-refractivity contribution in [3.63, 3.8) is 0 Å². The van der Waals surface area contributed by atoms with Gasteiger partial charge in [0.2, 0.25) is 5.91 Å². The molecule has 5 nitrogen and oxygen atoms in total. The van der Waals surface area contributed by atoms with Crippen LogP contribution < -0.4 is 0 Å². The van der Waals surface area contributed by atoms with E-state index < -0.39 is 0 Å². The van der Waals surface area contributed by atoms with Crippen LogP contribution in [-0.2, 0) is 16.1 Å². The Hall–Kier alpha value is -1.33. The lowest BCUT2D eigenvalue weighted by Crippen LogP contribution is -2.43. The Morgan fingerprint density at radius 3 is 2.64 bits per heavy atom. The van der Waals surface area contributed by atoms with Crippen molar-refractivity contribution in [2.24, 2.45) is 5.92 Å². The van der Waals surface area contributed by atoms with Crippen LogP contribution in [0, 0.1) is 12.8 Å². The fourth-order valence-electron chi connectivity index (χ4n) is 4.67. The first kappa shape index (κ1) is 17.1. The Morgan fingerprint density at radius 2 is 1.96 bits per heavy atom. The van der Waals surface area contributed by atoms with E-state index >= 15 is 0 Å². The number of hydrogen-bond donors (Lipinski definition) is 0. The number of hydrogen-bond acceptors (Lipinski definition) is 4. The maximum Gasteiger partial charge on any atom is 0.222 e. The van der Waals surface area contributed by atoms with Crippen LogP contribution in [0.2, 0.25) is 0 Å². The molecule has 1 aromatic heterocycles. The maximum absolute atomic E-state index is 12.4. The minimum atomic E-state index is 0.0194. The van der Waals surface area contributed by atoms with Crippen LogP contribution in [-0.4, -0.2) is 54.1 Å². The van der Waals surface area contributed by atoms with Gasteiger partial charge in [0.1, 0.15) is 11.5 Å². The molecule has 0 radical (unpaired) electrons. The van der Waals surface area contributed by atoms with Gasteiger partial charge in [-0.1, -0.05) is 0 Å². The van der Waals surface area contributed by atoms with Gasteiger partial charge in [-0.15, -0.1) is 0 Å². The highest BCUT2D eigenvalue weighted by atomic mass is 16.5. The Morgan fingerprint density at radius 1 is 1.20 bits per heavy atom. The van der Waals surface area contributed by atoms with Crippen molar-refractivity contribution < 1.29 is 13.9 Å². The monoisotopic (exact) mass is 346 g/mol. The summed E-state index contributed by atoms with van der Waals surface area (Å²) in [6.45, 7) is 7.65. The zero-order chi connectivity index (χ0) is 17.3. The second-order valence-electron chi connectivity index (χ2n) is 8.14. The molecule has 5 heteroatoms. The molecule has 138 valence electrons. The van der Waals surface area contributed by atoms with Crippen LogP contribution in [0.3, 0.4) is 0 Å². The third-order valence-corrected chi connectivity index (χ3v) is 6.15. The van der Waals surface area contributed by atoms with Crippen LogP contribution >= 0.6 is 0 Å². The summed E-state index contributed by atoms with van der Waals surface area (Å²) in [5.41, 5.74) is 0.0194. The lowest BCUT2D eigenvalue weighted by molar-refractivity contribution is -0.131. The van der Waals surface area contributed by atoms with Crippen LogP contribution in [0.5, 0.6) is 0 Å². The second kappa shape index (κ2) is 7.12. The zero-order valence-corrected chi connectivity index (χ0v) is 15.3. The minimum absolute atomic E-state index is 0.0194. The molecule has 3 aliphatic rings. The van der Waals surface area contributed by atoms with Gasteiger partial charge < -0.3 is 14.1 Å². The van der Waals surface area contributed by atoms with Gasteiger partial charge in [-0.05, 0) is 57.1 Å². The van der Waals surface area contributed by atoms with Crippen LogP contribution in [0.15, 0.2) is 16.5 Å². The van der Waals surface area contributed by atoms with Gasteiger partial charge in [0.15, 0.2) is 0 Å². The van der Waals surface area contributed by atoms with Gasteiger partial charge in [0, 0.05) is 32.6 Å². The van der Waals surface area contributed by atoms with E-state index in [2.05, 4.69) is 11.0 Å². The number of carbonyl (C=O) groups excluding carboxylic acids is 1. The molecule has 4 rings (SSSR count). The molecule has 0 N–H and O–H groups in total. The second-order valence-corrected chi connectivity index (χ2v) is 8.14. The third kappa shape index (κ3) is 3.93. The first-order valence-electron chi connectivity index (χ1n) is 9.81. The van der Waals surface area contributed by atoms with E-state index in [-0.39, 0.29) is 5.60 Å². The molecular formula is C20H30N2O3. The number of amides is 1. The fraction of sp³-hybridized carbons (Fsp3) is 0.750. The molecule has 0 aliphatic carbocycles. The summed E-state index contributed by atoms with van der Waals surface area (Å²) in [5.74, 6) is 2.78. The van der Waals surface area contributed by atoms with E-state index in [1.54, 1.807) is 0 Å². The minimum Gasteiger partial charge on any atom is -0.465 e. The number of furan rings is 1. The summed E-state index contributed by atoms with van der Waals surface area (Å²) < 4.78 is 11.9. The van der Waals surface area contributed by atoms with Crippen molar-refractivity contribution in [1.29, 1.82) is 0 Å². The topological polar surface area (TPSA) is 45.9 Å². The number of nitrogens with zero attached hydrogens (tertiary/aromatic N) is 2. The van der Waals surface area contributed by atoms with E-state index in [1.807, 2.05) is 17.9 Å². The van der Waals surface area contributed by atoms with Crippen molar-refractivity contribution in [3.8, 4) is 0 Å². The summed E-state index contributed by atoms with van der Waals surface area (Å²) in [6.07, 6.45) is 6.21. The van der Waals surface area contributed by atoms with Gasteiger partial charge in [-0.3, -0.25) is 9.69 Å². The molecule has 0 aromatic carbocycles. The molecule has 3 saturated heterocycles. The Kier molecular flexibility index (Phi) is 4.87. The maximum atomic E-state index is 12.4. The normalized spacial score (nSPS) is 26.6. The van der Waals surface area contributed by atoms with E-state index in [4.69, 9.17) is 9.15 Å². The molecule has 4 heterocycles. The zero-order valence-electron chi connectivity index (χ0n) is 15.3. The Labute approximate surface area is 150 Å². The summed E-state index contributed by atoms with van der Waals surface area (Å²) in [4.78, 5) is 16.9. The molecule has 1 amide bonds. The van der Waals surface area contributed by atoms with E-state index in [1.165, 1.54) is 12.8 Å². The van der Waals surface area contributed by atoms with Crippen molar-refractivity contribution in [1.82, 2.24) is 9.80 Å². The first-order valence-corrected chi connectivity index (χ1v) is 9.81. The first-order chi connectivity index (χ1) is 12.1. The van der Waals surface area contributed by atoms with E-state index in [0.717, 1.165) is 70.1 Å². The van der Waals surface area contributed by atoms with Gasteiger partial charge in [-0.25, -0.2) is 0 Å². The Balaban J connectivity index is 1.25. The third-order valence-electron chi connectivity index (χ3n) is 6.15. The molecule has 1 atom stereocenters. The molecule has 25 heavy (non-hydrogen) atoms. The number of piperidine rings is 1. The molecule has 1 aromatic rings. The van der Waals surface area contributed by atoms with Crippen molar-refractivity contribution in [2.45, 2.75) is 57.6 Å². The van der Waals surface area contributed by atoms with Gasteiger partial charge >= 0.3 is 0 Å². The quantitative estimate of drug-likeness (QED) is 0.841. The highest BCUT2D eigenvalue weighted by Gasteiger charge is 2.43. The molecular weight excluding hydrogens is 316 g/mol. The van der Waals surface area contributed by atoms with Crippen molar-refractivity contribution in [2.75, 3.05) is 32.8 Å². The number of ether oxygens (including phenoxy) is 1. The molecule has 0 saturated carbocycles. The fourth-order valence-corrected chi connectivity index (χ4v) is 4.67. The van der Waals surface area contributed by atoms with Gasteiger partial charge in [0.25, 0.3) is 0 Å². The number of likely N-dealkylation sites (tertiary alicyclic amines) is 2. The lowest BCUT2D eigenvalue weighted by atomic mass is 9.84. The molecule has 3 aliphatic heterocycles. The predicted octanol–water partition coefficient (Wildman–Crippen LogP) is 2.97. The number of carbonyl (C=O) groups is 1. The standard InChI is InChI=1S/C20H30N2O3/c1-16-4-5-18(25-16)14-21-10-6-20(7-11-21)13-17(15-24-20)12-19(23)22-8-2-3-9-22/h4-5,17H,2-3,6-15H2,1H3/t17-/m0/s1. The summed E-state index contributed by atoms with van der Waals surface area (Å²) in [6, 6.07) is 4.11. The van der Waals surface area contributed by atoms with Crippen molar-refractivity contribution >= 4 is 5.91 Å². The van der Waals surface area contributed by atoms with Gasteiger partial charge in [0.05, 0.1) is 18.8 Å². The number of aryl methyl sites for hydroxylation is 1. The summed E-state index contributed by atoms with van der Waals surface area (Å²) >= 11 is 0. The SMILES string of the molecule is Cc1ccc(CN2CCC3(CC2)C[C@H](CC(=O)N2CCCC2)CO3)o1. The smallest absolute Gasteiger partial charge is 0.222 e. The largest absolute Gasteiger partial charge is 0.465 e.